The van der Waals surface area contributed by atoms with Gasteiger partial charge in [-0.25, -0.2) is 12.7 Å². The number of benzene rings is 1. The minimum atomic E-state index is -3.43. The molecular weight excluding hydrogens is 372 g/mol. The molecule has 0 aliphatic rings. The van der Waals surface area contributed by atoms with Crippen molar-refractivity contribution in [3.63, 3.8) is 0 Å². The average molecular weight is 395 g/mol. The first kappa shape index (κ1) is 19.0. The lowest BCUT2D eigenvalue weighted by atomic mass is 10.2. The summed E-state index contributed by atoms with van der Waals surface area (Å²) in [5.41, 5.74) is 1.07. The molecule has 1 N–H and O–H groups in total. The predicted octanol–water partition coefficient (Wildman–Crippen LogP) is 2.93. The average Bonchev–Trinajstić information content (AvgIpc) is 2.44. The van der Waals surface area contributed by atoms with Crippen molar-refractivity contribution in [2.24, 2.45) is 0 Å². The van der Waals surface area contributed by atoms with E-state index in [4.69, 9.17) is 0 Å². The zero-order valence-corrected chi connectivity index (χ0v) is 15.9. The van der Waals surface area contributed by atoms with E-state index >= 15 is 0 Å². The second-order valence-electron chi connectivity index (χ2n) is 4.76. The molecule has 0 aromatic heterocycles. The van der Waals surface area contributed by atoms with Crippen LogP contribution in [0.3, 0.4) is 0 Å². The second kappa shape index (κ2) is 9.15. The summed E-state index contributed by atoms with van der Waals surface area (Å²) in [5.74, 6) is 0.784. The molecule has 0 unspecified atom stereocenters. The Morgan fingerprint density at radius 2 is 2.10 bits per heavy atom. The monoisotopic (exact) mass is 394 g/mol. The molecule has 0 spiro atoms. The number of hydrogen-bond acceptors (Lipinski definition) is 4. The van der Waals surface area contributed by atoms with Gasteiger partial charge >= 0.3 is 0 Å². The van der Waals surface area contributed by atoms with E-state index in [1.807, 2.05) is 18.4 Å². The summed E-state index contributed by atoms with van der Waals surface area (Å²) in [4.78, 5) is 0.324. The molecule has 7 heteroatoms. The molecule has 1 rings (SSSR count). The molecule has 21 heavy (non-hydrogen) atoms. The summed E-state index contributed by atoms with van der Waals surface area (Å²) < 4.78 is 27.0. The van der Waals surface area contributed by atoms with E-state index in [9.17, 15) is 8.42 Å². The van der Waals surface area contributed by atoms with Crippen molar-refractivity contribution >= 4 is 37.7 Å². The highest BCUT2D eigenvalue weighted by Crippen LogP contribution is 2.25. The van der Waals surface area contributed by atoms with Crippen LogP contribution in [0.5, 0.6) is 0 Å². The molecule has 0 radical (unpaired) electrons. The normalized spacial score (nSPS) is 12.0. The number of rotatable bonds is 9. The van der Waals surface area contributed by atoms with Gasteiger partial charge in [0.05, 0.1) is 4.90 Å². The lowest BCUT2D eigenvalue weighted by Crippen LogP contribution is -2.29. The lowest BCUT2D eigenvalue weighted by Gasteiger charge is -2.18. The summed E-state index contributed by atoms with van der Waals surface area (Å²) in [6, 6.07) is 5.42. The van der Waals surface area contributed by atoms with Crippen LogP contribution in [0.4, 0.5) is 0 Å². The highest BCUT2D eigenvalue weighted by atomic mass is 79.9. The van der Waals surface area contributed by atoms with E-state index in [-0.39, 0.29) is 0 Å². The topological polar surface area (TPSA) is 49.4 Å². The Hall–Kier alpha value is -0.0800. The third kappa shape index (κ3) is 5.56. The first-order chi connectivity index (χ1) is 9.93. The van der Waals surface area contributed by atoms with Crippen molar-refractivity contribution in [1.82, 2.24) is 9.62 Å². The van der Waals surface area contributed by atoms with Crippen molar-refractivity contribution in [3.8, 4) is 0 Å². The van der Waals surface area contributed by atoms with Gasteiger partial charge in [-0.15, -0.1) is 0 Å². The molecule has 0 saturated carbocycles. The van der Waals surface area contributed by atoms with Crippen LogP contribution < -0.4 is 5.32 Å². The first-order valence-corrected chi connectivity index (χ1v) is 10.5. The van der Waals surface area contributed by atoms with Crippen LogP contribution in [-0.2, 0) is 16.6 Å². The molecular formula is C14H23BrN2O2S2. The van der Waals surface area contributed by atoms with Gasteiger partial charge in [0.15, 0.2) is 0 Å². The van der Waals surface area contributed by atoms with Gasteiger partial charge < -0.3 is 5.32 Å². The summed E-state index contributed by atoms with van der Waals surface area (Å²) in [6.07, 6.45) is 3.04. The van der Waals surface area contributed by atoms with E-state index < -0.39 is 10.0 Å². The number of hydrogen-bond donors (Lipinski definition) is 1. The first-order valence-electron chi connectivity index (χ1n) is 6.88. The van der Waals surface area contributed by atoms with E-state index in [2.05, 4.69) is 28.2 Å². The van der Waals surface area contributed by atoms with Gasteiger partial charge in [-0.3, -0.25) is 0 Å². The molecule has 1 aromatic carbocycles. The van der Waals surface area contributed by atoms with Crippen LogP contribution in [0.2, 0.25) is 0 Å². The van der Waals surface area contributed by atoms with Gasteiger partial charge in [0.25, 0.3) is 0 Å². The van der Waals surface area contributed by atoms with Crippen LogP contribution in [0.1, 0.15) is 18.9 Å². The Morgan fingerprint density at radius 3 is 2.67 bits per heavy atom. The van der Waals surface area contributed by atoms with Crippen LogP contribution >= 0.6 is 27.7 Å². The number of halogens is 1. The molecule has 4 nitrogen and oxygen atoms in total. The highest BCUT2D eigenvalue weighted by Gasteiger charge is 2.22. The van der Waals surface area contributed by atoms with E-state index in [0.717, 1.165) is 30.8 Å². The number of nitrogens with zero attached hydrogens (tertiary/aromatic N) is 1. The molecule has 0 fully saturated rings. The molecule has 0 bridgehead atoms. The van der Waals surface area contributed by atoms with Crippen molar-refractivity contribution in [1.29, 1.82) is 0 Å². The molecule has 120 valence electrons. The van der Waals surface area contributed by atoms with Gasteiger partial charge in [-0.1, -0.05) is 13.0 Å². The van der Waals surface area contributed by atoms with Crippen LogP contribution in [-0.4, -0.2) is 44.9 Å². The standard InChI is InChI=1S/C14H23BrN2O2S2/c1-4-7-16-11-12-5-6-14(13(15)10-12)21(18,19)17(2)8-9-20-3/h5-6,10,16H,4,7-9,11H2,1-3H3. The van der Waals surface area contributed by atoms with Gasteiger partial charge in [0.1, 0.15) is 0 Å². The van der Waals surface area contributed by atoms with E-state index in [1.165, 1.54) is 4.31 Å². The van der Waals surface area contributed by atoms with Crippen LogP contribution in [0, 0.1) is 0 Å². The lowest BCUT2D eigenvalue weighted by molar-refractivity contribution is 0.488. The maximum absolute atomic E-state index is 12.5. The van der Waals surface area contributed by atoms with Crippen molar-refractivity contribution in [3.05, 3.63) is 28.2 Å². The van der Waals surface area contributed by atoms with E-state index in [1.54, 1.807) is 24.9 Å². The molecule has 0 heterocycles. The number of nitrogens with one attached hydrogen (secondary N) is 1. The third-order valence-corrected chi connectivity index (χ3v) is 6.48. The Bertz CT molecular complexity index is 550. The maximum Gasteiger partial charge on any atom is 0.243 e. The smallest absolute Gasteiger partial charge is 0.243 e. The second-order valence-corrected chi connectivity index (χ2v) is 8.61. The SMILES string of the molecule is CCCNCc1ccc(S(=O)(=O)N(C)CCSC)c(Br)c1. The molecule has 0 aliphatic heterocycles. The third-order valence-electron chi connectivity index (χ3n) is 3.05. The molecule has 1 aromatic rings. The van der Waals surface area contributed by atoms with Gasteiger partial charge in [0, 0.05) is 30.4 Å². The Labute approximate surface area is 140 Å². The number of sulfonamides is 1. The van der Waals surface area contributed by atoms with Gasteiger partial charge in [-0.05, 0) is 52.8 Å². The molecule has 0 amide bonds. The van der Waals surface area contributed by atoms with E-state index in [0.29, 0.717) is 15.9 Å². The van der Waals surface area contributed by atoms with Crippen LogP contribution in [0.25, 0.3) is 0 Å². The minimum absolute atomic E-state index is 0.324. The van der Waals surface area contributed by atoms with Crippen molar-refractivity contribution in [2.45, 2.75) is 24.8 Å². The fourth-order valence-electron chi connectivity index (χ4n) is 1.78. The zero-order chi connectivity index (χ0) is 15.9. The summed E-state index contributed by atoms with van der Waals surface area (Å²) in [5, 5.41) is 3.30. The fourth-order valence-corrected chi connectivity index (χ4v) is 4.61. The minimum Gasteiger partial charge on any atom is -0.313 e. The Morgan fingerprint density at radius 1 is 1.38 bits per heavy atom. The van der Waals surface area contributed by atoms with Crippen molar-refractivity contribution < 1.29 is 8.42 Å². The van der Waals surface area contributed by atoms with Gasteiger partial charge in [0.2, 0.25) is 10.0 Å². The Kier molecular flexibility index (Phi) is 8.26. The van der Waals surface area contributed by atoms with Crippen LogP contribution in [0.15, 0.2) is 27.6 Å². The Balaban J connectivity index is 2.88. The number of thioether (sulfide) groups is 1. The maximum atomic E-state index is 12.5. The van der Waals surface area contributed by atoms with Gasteiger partial charge in [-0.2, -0.15) is 11.8 Å². The molecule has 0 saturated heterocycles. The highest BCUT2D eigenvalue weighted by molar-refractivity contribution is 9.10. The predicted molar refractivity (Wildman–Crippen MR) is 94.3 cm³/mol. The molecule has 0 atom stereocenters. The summed E-state index contributed by atoms with van der Waals surface area (Å²) in [6.45, 7) is 4.32. The fraction of sp³-hybridized carbons (Fsp3) is 0.571. The zero-order valence-electron chi connectivity index (χ0n) is 12.7. The summed E-state index contributed by atoms with van der Waals surface area (Å²) in [7, 11) is -1.81. The quantitative estimate of drug-likeness (QED) is 0.654. The molecule has 0 aliphatic carbocycles. The summed E-state index contributed by atoms with van der Waals surface area (Å²) >= 11 is 5.02. The van der Waals surface area contributed by atoms with Crippen molar-refractivity contribution in [2.75, 3.05) is 32.1 Å². The largest absolute Gasteiger partial charge is 0.313 e.